The Kier molecular flexibility index (Phi) is 12.1. The van der Waals surface area contributed by atoms with Gasteiger partial charge in [0.15, 0.2) is 0 Å². The summed E-state index contributed by atoms with van der Waals surface area (Å²) < 4.78 is 14.2. The molecule has 0 radical (unpaired) electrons. The van der Waals surface area contributed by atoms with Crippen LogP contribution in [0.2, 0.25) is 19.6 Å². The minimum atomic E-state index is -1.07. The average molecular weight is 761 g/mol. The van der Waals surface area contributed by atoms with Crippen molar-refractivity contribution in [1.29, 1.82) is 0 Å². The molecule has 0 N–H and O–H groups in total. The molecule has 0 bridgehead atoms. The van der Waals surface area contributed by atoms with Gasteiger partial charge in [0.25, 0.3) is 0 Å². The van der Waals surface area contributed by atoms with Gasteiger partial charge >= 0.3 is 68.0 Å². The summed E-state index contributed by atoms with van der Waals surface area (Å²) in [6, 6.07) is 18.6. The van der Waals surface area contributed by atoms with Crippen LogP contribution < -0.4 is 24.8 Å². The van der Waals surface area contributed by atoms with Crippen LogP contribution in [-0.4, -0.2) is 11.8 Å². The van der Waals surface area contributed by atoms with Gasteiger partial charge in [-0.3, -0.25) is 6.08 Å². The third-order valence-electron chi connectivity index (χ3n) is 9.48. The quantitative estimate of drug-likeness (QED) is 0.179. The predicted octanol–water partition coefficient (Wildman–Crippen LogP) is 5.82. The Hall–Kier alpha value is -2.03. The fraction of sp³-hybridized carbons (Fsp3) is 0.333. The summed E-state index contributed by atoms with van der Waals surface area (Å²) in [5.41, 5.74) is 11.4. The maximum atomic E-state index is 12.2. The molecule has 0 aromatic heterocycles. The topological polar surface area (TPSA) is 0 Å². The van der Waals surface area contributed by atoms with E-state index in [-0.39, 0.29) is 41.5 Å². The largest absolute Gasteiger partial charge is 1.00 e. The first-order valence-corrected chi connectivity index (χ1v) is 21.0. The molecule has 4 aromatic rings. The molecule has 0 saturated carbocycles. The fourth-order valence-electron chi connectivity index (χ4n) is 7.43. The standard InChI is InChI=1S/C25H25.C10H17Si.C7H5F.2ClH.Zr/c1-14-12-24(3,4)22-8-16-7-17-9-23-19(15(2)13-25(23,5)6)11-21(17)20(16)10-18(14)22;1-8-6-9(2)10(7-8)11(3,4)5;1-6-2-4-7(8)5-3-6;;;/h7-13H,1-6H3;7-8H,1-5H3;1-5H;2*1H;/q2*-1;;;;+2/p-2. The second-order valence-corrected chi connectivity index (χ2v) is 21.0. The molecule has 246 valence electrons. The van der Waals surface area contributed by atoms with E-state index in [0.717, 1.165) is 5.56 Å². The van der Waals surface area contributed by atoms with Gasteiger partial charge in [0.2, 0.25) is 0 Å². The van der Waals surface area contributed by atoms with Crippen LogP contribution in [0.15, 0.2) is 83.6 Å². The van der Waals surface area contributed by atoms with Gasteiger partial charge in [-0.2, -0.15) is 6.08 Å². The normalized spacial score (nSPS) is 18.2. The molecule has 0 amide bonds. The van der Waals surface area contributed by atoms with E-state index < -0.39 is 8.07 Å². The first-order chi connectivity index (χ1) is 20.9. The van der Waals surface area contributed by atoms with E-state index in [1.807, 2.05) is 3.71 Å². The van der Waals surface area contributed by atoms with E-state index >= 15 is 0 Å². The van der Waals surface area contributed by atoms with Crippen molar-refractivity contribution in [3.8, 4) is 0 Å². The second kappa shape index (κ2) is 14.4. The molecule has 3 aliphatic rings. The smallest absolute Gasteiger partial charge is 1.00 e. The van der Waals surface area contributed by atoms with Crippen LogP contribution in [0.25, 0.3) is 32.7 Å². The van der Waals surface area contributed by atoms with Gasteiger partial charge in [-0.25, -0.2) is 10.8 Å². The van der Waals surface area contributed by atoms with Gasteiger partial charge in [-0.1, -0.05) is 103 Å². The first kappa shape index (κ1) is 39.4. The Morgan fingerprint density at radius 3 is 1.57 bits per heavy atom. The van der Waals surface area contributed by atoms with Gasteiger partial charge in [-0.15, -0.1) is 39.7 Å². The maximum Gasteiger partial charge on any atom is -1.00 e. The number of benzene rings is 3. The van der Waals surface area contributed by atoms with Crippen LogP contribution in [0, 0.1) is 17.8 Å². The van der Waals surface area contributed by atoms with Gasteiger partial charge < -0.3 is 24.8 Å². The van der Waals surface area contributed by atoms with E-state index in [2.05, 4.69) is 130 Å². The first-order valence-electron chi connectivity index (χ1n) is 16.1. The predicted molar refractivity (Wildman–Crippen MR) is 195 cm³/mol. The zero-order valence-corrected chi connectivity index (χ0v) is 34.7. The Labute approximate surface area is 310 Å². The van der Waals surface area contributed by atoms with E-state index in [0.29, 0.717) is 5.92 Å². The molecule has 47 heavy (non-hydrogen) atoms. The molecule has 0 saturated heterocycles. The SMILES string of the molecule is CC1=CC(C)(C)c2cc3[cH-]c4cc5c(cc4c3cc21)C(C)=CC5(C)C.CC1=[C-]C(C)C=C1[Si](C)(C)C.Fc1ccc([CH]=[Zr+2])cc1.[Cl-].[Cl-]. The fourth-order valence-corrected chi connectivity index (χ4v) is 9.85. The van der Waals surface area contributed by atoms with Crippen molar-refractivity contribution in [2.24, 2.45) is 5.92 Å². The third kappa shape index (κ3) is 8.07. The molecule has 0 heterocycles. The summed E-state index contributed by atoms with van der Waals surface area (Å²) in [6.07, 6.45) is 10.6. The summed E-state index contributed by atoms with van der Waals surface area (Å²) in [5, 5.41) is 7.17. The molecule has 5 heteroatoms. The van der Waals surface area contributed by atoms with Crippen molar-refractivity contribution in [1.82, 2.24) is 0 Å². The summed E-state index contributed by atoms with van der Waals surface area (Å²) in [5.74, 6) is 0.383. The molecule has 1 unspecified atom stereocenters. The zero-order chi connectivity index (χ0) is 33.1. The number of halogens is 3. The minimum absolute atomic E-state index is 0. The summed E-state index contributed by atoms with van der Waals surface area (Å²) >= 11 is 1.34. The van der Waals surface area contributed by atoms with Crippen LogP contribution in [-0.2, 0) is 35.1 Å². The Morgan fingerprint density at radius 1 is 0.787 bits per heavy atom. The molecule has 0 fully saturated rings. The average Bonchev–Trinajstić information content (AvgIpc) is 3.62. The van der Waals surface area contributed by atoms with E-state index in [9.17, 15) is 4.39 Å². The van der Waals surface area contributed by atoms with Crippen molar-refractivity contribution in [3.63, 3.8) is 0 Å². The third-order valence-corrected chi connectivity index (χ3v) is 12.5. The molecular formula is C42H47Cl2FSiZr-2. The van der Waals surface area contributed by atoms with Gasteiger partial charge in [0.1, 0.15) is 0 Å². The Bertz CT molecular complexity index is 1850. The molecule has 0 spiro atoms. The van der Waals surface area contributed by atoms with Crippen LogP contribution >= 0.6 is 0 Å². The van der Waals surface area contributed by atoms with Crippen molar-refractivity contribution < 1.29 is 53.4 Å². The monoisotopic (exact) mass is 758 g/mol. The van der Waals surface area contributed by atoms with Crippen LogP contribution in [0.5, 0.6) is 0 Å². The zero-order valence-electron chi connectivity index (χ0n) is 29.7. The van der Waals surface area contributed by atoms with E-state index in [1.54, 1.807) is 17.3 Å². The molecule has 0 nitrogen and oxygen atoms in total. The van der Waals surface area contributed by atoms with Crippen LogP contribution in [0.4, 0.5) is 4.39 Å². The van der Waals surface area contributed by atoms with Crippen LogP contribution in [0.1, 0.15) is 83.2 Å². The van der Waals surface area contributed by atoms with E-state index in [4.69, 9.17) is 0 Å². The number of rotatable bonds is 2. The number of hydrogen-bond donors (Lipinski definition) is 0. The van der Waals surface area contributed by atoms with Crippen molar-refractivity contribution in [2.45, 2.75) is 85.9 Å². The Morgan fingerprint density at radius 2 is 1.23 bits per heavy atom. The van der Waals surface area contributed by atoms with Crippen molar-refractivity contribution in [2.75, 3.05) is 0 Å². The number of hydrogen-bond acceptors (Lipinski definition) is 0. The summed E-state index contributed by atoms with van der Waals surface area (Å²) in [4.78, 5) is 0. The molecule has 4 aromatic carbocycles. The van der Waals surface area contributed by atoms with E-state index in [1.165, 1.54) is 96.9 Å². The van der Waals surface area contributed by atoms with Gasteiger partial charge in [0.05, 0.1) is 0 Å². The number of fused-ring (bicyclic) bond motifs is 5. The molecule has 7 rings (SSSR count). The summed E-state index contributed by atoms with van der Waals surface area (Å²) in [6.45, 7) is 25.3. The van der Waals surface area contributed by atoms with Crippen molar-refractivity contribution in [3.05, 3.63) is 123 Å². The van der Waals surface area contributed by atoms with Gasteiger partial charge in [-0.05, 0) is 44.2 Å². The maximum absolute atomic E-state index is 12.2. The van der Waals surface area contributed by atoms with Crippen molar-refractivity contribution >= 4 is 44.5 Å². The van der Waals surface area contributed by atoms with Crippen LogP contribution in [0.3, 0.4) is 0 Å². The summed E-state index contributed by atoms with van der Waals surface area (Å²) in [7, 11) is -1.07. The molecule has 0 aliphatic heterocycles. The molecule has 3 aliphatic carbocycles. The molecular weight excluding hydrogens is 714 g/mol. The number of allylic oxidation sites excluding steroid dienone is 8. The minimum Gasteiger partial charge on any atom is -1.00 e. The second-order valence-electron chi connectivity index (χ2n) is 15.3. The molecule has 1 atom stereocenters. The van der Waals surface area contributed by atoms with Gasteiger partial charge in [0, 0.05) is 10.8 Å². The Balaban J connectivity index is 0.000000228.